The minimum atomic E-state index is -3.64. The number of nitrogens with zero attached hydrogens (tertiary/aromatic N) is 1. The van der Waals surface area contributed by atoms with Crippen LogP contribution in [0, 0.1) is 5.92 Å². The number of methoxy groups -OCH3 is 1. The first-order valence-corrected chi connectivity index (χ1v) is 13.0. The Hall–Kier alpha value is -3.36. The van der Waals surface area contributed by atoms with E-state index in [0.29, 0.717) is 24.7 Å². The Morgan fingerprint density at radius 1 is 0.914 bits per heavy atom. The number of carbonyl (C=O) groups is 1. The molecular weight excluding hydrogens is 464 g/mol. The third-order valence-corrected chi connectivity index (χ3v) is 6.85. The number of carbonyl (C=O) groups excluding carboxylic acids is 1. The lowest BCUT2D eigenvalue weighted by atomic mass is 10.1. The predicted octanol–water partition coefficient (Wildman–Crippen LogP) is 4.24. The summed E-state index contributed by atoms with van der Waals surface area (Å²) in [6.07, 6.45) is 0. The van der Waals surface area contributed by atoms with E-state index in [0.717, 1.165) is 11.1 Å². The van der Waals surface area contributed by atoms with Gasteiger partial charge in [0.1, 0.15) is 6.61 Å². The van der Waals surface area contributed by atoms with E-state index in [1.54, 1.807) is 30.2 Å². The summed E-state index contributed by atoms with van der Waals surface area (Å²) in [4.78, 5) is 14.7. The van der Waals surface area contributed by atoms with E-state index < -0.39 is 10.0 Å². The normalized spacial score (nSPS) is 11.3. The number of hydrogen-bond acceptors (Lipinski definition) is 5. The van der Waals surface area contributed by atoms with Crippen LogP contribution in [0.15, 0.2) is 83.8 Å². The number of amides is 1. The van der Waals surface area contributed by atoms with Gasteiger partial charge in [0, 0.05) is 25.6 Å². The fourth-order valence-corrected chi connectivity index (χ4v) is 4.56. The molecule has 3 rings (SSSR count). The summed E-state index contributed by atoms with van der Waals surface area (Å²) in [5.74, 6) is 0.890. The maximum absolute atomic E-state index is 12.8. The van der Waals surface area contributed by atoms with Gasteiger partial charge in [0.2, 0.25) is 15.9 Å². The minimum absolute atomic E-state index is 0.0627. The molecule has 3 aromatic carbocycles. The Morgan fingerprint density at radius 3 is 2.20 bits per heavy atom. The quantitative estimate of drug-likeness (QED) is 0.406. The van der Waals surface area contributed by atoms with Crippen LogP contribution in [-0.2, 0) is 28.0 Å². The van der Waals surface area contributed by atoms with Gasteiger partial charge in [-0.1, -0.05) is 68.4 Å². The fraction of sp³-hybridized carbons (Fsp3) is 0.296. The molecule has 0 radical (unpaired) electrons. The lowest BCUT2D eigenvalue weighted by Crippen LogP contribution is -2.40. The molecule has 0 aliphatic carbocycles. The molecule has 1 N–H and O–H groups in total. The highest BCUT2D eigenvalue weighted by atomic mass is 32.2. The van der Waals surface area contributed by atoms with E-state index in [-0.39, 0.29) is 29.8 Å². The number of benzene rings is 3. The van der Waals surface area contributed by atoms with Crippen molar-refractivity contribution in [3.05, 3.63) is 90.0 Å². The average Bonchev–Trinajstić information content (AvgIpc) is 2.87. The molecule has 3 aromatic rings. The molecule has 0 saturated heterocycles. The lowest BCUT2D eigenvalue weighted by Gasteiger charge is -2.25. The highest BCUT2D eigenvalue weighted by Crippen LogP contribution is 2.29. The largest absolute Gasteiger partial charge is 0.493 e. The minimum Gasteiger partial charge on any atom is -0.493 e. The van der Waals surface area contributed by atoms with Crippen molar-refractivity contribution in [3.8, 4) is 11.5 Å². The van der Waals surface area contributed by atoms with Gasteiger partial charge >= 0.3 is 0 Å². The van der Waals surface area contributed by atoms with Crippen LogP contribution in [0.3, 0.4) is 0 Å². The molecule has 7 nitrogen and oxygen atoms in total. The van der Waals surface area contributed by atoms with Crippen molar-refractivity contribution in [1.82, 2.24) is 9.62 Å². The second-order valence-electron chi connectivity index (χ2n) is 8.38. The second-order valence-corrected chi connectivity index (χ2v) is 10.2. The molecule has 0 unspecified atom stereocenters. The zero-order chi connectivity index (χ0) is 25.3. The maximum Gasteiger partial charge on any atom is 0.240 e. The number of nitrogens with one attached hydrogen (secondary N) is 1. The molecule has 0 saturated carbocycles. The smallest absolute Gasteiger partial charge is 0.240 e. The van der Waals surface area contributed by atoms with Crippen LogP contribution in [-0.4, -0.2) is 39.4 Å². The third kappa shape index (κ3) is 7.56. The summed E-state index contributed by atoms with van der Waals surface area (Å²) in [6.45, 7) is 4.72. The van der Waals surface area contributed by atoms with Crippen LogP contribution in [0.1, 0.15) is 25.0 Å². The van der Waals surface area contributed by atoms with E-state index >= 15 is 0 Å². The molecule has 0 atom stereocenters. The number of ether oxygens (including phenoxy) is 2. The number of rotatable bonds is 12. The monoisotopic (exact) mass is 496 g/mol. The van der Waals surface area contributed by atoms with Crippen LogP contribution in [0.4, 0.5) is 0 Å². The van der Waals surface area contributed by atoms with E-state index in [1.165, 1.54) is 12.1 Å². The van der Waals surface area contributed by atoms with E-state index in [4.69, 9.17) is 9.47 Å². The predicted molar refractivity (Wildman–Crippen MR) is 136 cm³/mol. The van der Waals surface area contributed by atoms with Gasteiger partial charge in [-0.05, 0) is 35.4 Å². The van der Waals surface area contributed by atoms with Gasteiger partial charge in [0.05, 0.1) is 12.0 Å². The van der Waals surface area contributed by atoms with Crippen LogP contribution < -0.4 is 14.2 Å². The van der Waals surface area contributed by atoms with Crippen molar-refractivity contribution >= 4 is 15.9 Å². The van der Waals surface area contributed by atoms with Gasteiger partial charge in [0.25, 0.3) is 0 Å². The standard InChI is InChI=1S/C27H32N2O5S/c1-21(2)27(30)29(17-16-28-35(31,32)24-12-8-5-9-13-24)19-23-14-15-25(26(18-23)33-3)34-20-22-10-6-4-7-11-22/h4-15,18,21,28H,16-17,19-20H2,1-3H3. The molecule has 35 heavy (non-hydrogen) atoms. The summed E-state index contributed by atoms with van der Waals surface area (Å²) in [5, 5.41) is 0. The van der Waals surface area contributed by atoms with Crippen molar-refractivity contribution in [2.24, 2.45) is 5.92 Å². The first-order chi connectivity index (χ1) is 16.8. The van der Waals surface area contributed by atoms with Crippen molar-refractivity contribution in [3.63, 3.8) is 0 Å². The first kappa shape index (κ1) is 26.2. The van der Waals surface area contributed by atoms with Gasteiger partial charge in [-0.3, -0.25) is 4.79 Å². The molecule has 0 aromatic heterocycles. The van der Waals surface area contributed by atoms with Crippen LogP contribution in [0.25, 0.3) is 0 Å². The maximum atomic E-state index is 12.8. The Labute approximate surface area is 207 Å². The van der Waals surface area contributed by atoms with E-state index in [1.807, 2.05) is 62.4 Å². The van der Waals surface area contributed by atoms with Crippen molar-refractivity contribution < 1.29 is 22.7 Å². The summed E-state index contributed by atoms with van der Waals surface area (Å²) in [6, 6.07) is 23.6. The highest BCUT2D eigenvalue weighted by Gasteiger charge is 2.20. The number of hydrogen-bond donors (Lipinski definition) is 1. The van der Waals surface area contributed by atoms with Crippen molar-refractivity contribution in [2.75, 3.05) is 20.2 Å². The molecule has 0 aliphatic rings. The summed E-state index contributed by atoms with van der Waals surface area (Å²) >= 11 is 0. The summed E-state index contributed by atoms with van der Waals surface area (Å²) in [7, 11) is -2.07. The van der Waals surface area contributed by atoms with E-state index in [9.17, 15) is 13.2 Å². The molecule has 186 valence electrons. The van der Waals surface area contributed by atoms with Crippen LogP contribution in [0.2, 0.25) is 0 Å². The Balaban J connectivity index is 1.67. The topological polar surface area (TPSA) is 84.9 Å². The first-order valence-electron chi connectivity index (χ1n) is 11.5. The molecule has 0 spiro atoms. The second kappa shape index (κ2) is 12.4. The molecule has 0 bridgehead atoms. The van der Waals surface area contributed by atoms with Gasteiger partial charge in [-0.25, -0.2) is 13.1 Å². The Morgan fingerprint density at radius 2 is 1.57 bits per heavy atom. The zero-order valence-electron chi connectivity index (χ0n) is 20.3. The van der Waals surface area contributed by atoms with E-state index in [2.05, 4.69) is 4.72 Å². The van der Waals surface area contributed by atoms with Crippen molar-refractivity contribution in [1.29, 1.82) is 0 Å². The Bertz CT molecular complexity index is 1200. The molecule has 0 aliphatic heterocycles. The molecule has 1 amide bonds. The van der Waals surface area contributed by atoms with Gasteiger partial charge in [0.15, 0.2) is 11.5 Å². The SMILES string of the molecule is COc1cc(CN(CCNS(=O)(=O)c2ccccc2)C(=O)C(C)C)ccc1OCc1ccccc1. The summed E-state index contributed by atoms with van der Waals surface area (Å²) in [5.41, 5.74) is 1.90. The van der Waals surface area contributed by atoms with Crippen LogP contribution in [0.5, 0.6) is 11.5 Å². The average molecular weight is 497 g/mol. The van der Waals surface area contributed by atoms with Gasteiger partial charge < -0.3 is 14.4 Å². The number of sulfonamides is 1. The molecule has 0 fully saturated rings. The molecule has 8 heteroatoms. The van der Waals surface area contributed by atoms with Crippen LogP contribution >= 0.6 is 0 Å². The summed E-state index contributed by atoms with van der Waals surface area (Å²) < 4.78 is 39.1. The lowest BCUT2D eigenvalue weighted by molar-refractivity contribution is -0.135. The zero-order valence-corrected chi connectivity index (χ0v) is 21.1. The van der Waals surface area contributed by atoms with Gasteiger partial charge in [-0.15, -0.1) is 0 Å². The third-order valence-electron chi connectivity index (χ3n) is 5.37. The van der Waals surface area contributed by atoms with Gasteiger partial charge in [-0.2, -0.15) is 0 Å². The van der Waals surface area contributed by atoms with Crippen molar-refractivity contribution in [2.45, 2.75) is 31.9 Å². The Kier molecular flexibility index (Phi) is 9.28. The molecule has 0 heterocycles. The molecular formula is C27H32N2O5S. The highest BCUT2D eigenvalue weighted by molar-refractivity contribution is 7.89. The fourth-order valence-electron chi connectivity index (χ4n) is 3.52.